The molecule has 7 heteroatoms. The lowest BCUT2D eigenvalue weighted by molar-refractivity contribution is -0.140. The van der Waals surface area contributed by atoms with Gasteiger partial charge in [-0.15, -0.1) is 0 Å². The standard InChI is InChI=1S/C25H27FN2O4/c1-16-3-4-17(2)20(15-16)23(29)21-22(18-5-7-19(26)8-6-18)28(25(31)24(21)30)10-9-27-11-13-32-14-12-27/h3-8,15,22,29H,9-14H2,1-2H3. The van der Waals surface area contributed by atoms with Gasteiger partial charge < -0.3 is 14.7 Å². The Kier molecular flexibility index (Phi) is 6.39. The zero-order chi connectivity index (χ0) is 22.8. The molecule has 2 saturated heterocycles. The van der Waals surface area contributed by atoms with Gasteiger partial charge in [0.05, 0.1) is 24.8 Å². The van der Waals surface area contributed by atoms with E-state index >= 15 is 0 Å². The maximum atomic E-state index is 13.6. The van der Waals surface area contributed by atoms with Crippen LogP contribution in [-0.2, 0) is 14.3 Å². The van der Waals surface area contributed by atoms with Gasteiger partial charge in [0.1, 0.15) is 11.6 Å². The minimum atomic E-state index is -0.781. The number of ketones is 1. The highest BCUT2D eigenvalue weighted by Crippen LogP contribution is 2.39. The number of aliphatic hydroxyl groups is 1. The fourth-order valence-electron chi connectivity index (χ4n) is 4.31. The average molecular weight is 438 g/mol. The van der Waals surface area contributed by atoms with E-state index in [-0.39, 0.29) is 11.3 Å². The number of hydrogen-bond donors (Lipinski definition) is 1. The summed E-state index contributed by atoms with van der Waals surface area (Å²) in [6, 6.07) is 10.5. The molecule has 0 saturated carbocycles. The zero-order valence-electron chi connectivity index (χ0n) is 18.3. The summed E-state index contributed by atoms with van der Waals surface area (Å²) >= 11 is 0. The van der Waals surface area contributed by atoms with Crippen molar-refractivity contribution in [3.05, 3.63) is 76.1 Å². The van der Waals surface area contributed by atoms with Crippen molar-refractivity contribution in [1.82, 2.24) is 9.80 Å². The number of carbonyl (C=O) groups is 2. The van der Waals surface area contributed by atoms with E-state index in [0.717, 1.165) is 24.2 Å². The monoisotopic (exact) mass is 438 g/mol. The molecule has 2 aromatic rings. The molecule has 0 bridgehead atoms. The highest BCUT2D eigenvalue weighted by molar-refractivity contribution is 6.46. The summed E-state index contributed by atoms with van der Waals surface area (Å²) in [7, 11) is 0. The summed E-state index contributed by atoms with van der Waals surface area (Å²) in [5.41, 5.74) is 2.86. The molecule has 2 aliphatic heterocycles. The lowest BCUT2D eigenvalue weighted by Crippen LogP contribution is -2.42. The van der Waals surface area contributed by atoms with E-state index in [1.807, 2.05) is 26.0 Å². The first kappa shape index (κ1) is 22.2. The second-order valence-corrected chi connectivity index (χ2v) is 8.32. The fraction of sp³-hybridized carbons (Fsp3) is 0.360. The minimum absolute atomic E-state index is 0.0392. The van der Waals surface area contributed by atoms with Gasteiger partial charge in [0.15, 0.2) is 0 Å². The van der Waals surface area contributed by atoms with Crippen LogP contribution >= 0.6 is 0 Å². The number of halogens is 1. The van der Waals surface area contributed by atoms with Crippen LogP contribution in [0.2, 0.25) is 0 Å². The van der Waals surface area contributed by atoms with E-state index in [4.69, 9.17) is 4.74 Å². The van der Waals surface area contributed by atoms with Crippen molar-refractivity contribution in [2.45, 2.75) is 19.9 Å². The Bertz CT molecular complexity index is 1060. The van der Waals surface area contributed by atoms with E-state index in [1.165, 1.54) is 17.0 Å². The number of rotatable bonds is 5. The van der Waals surface area contributed by atoms with Crippen LogP contribution in [0.5, 0.6) is 0 Å². The van der Waals surface area contributed by atoms with Crippen molar-refractivity contribution in [1.29, 1.82) is 0 Å². The number of morpholine rings is 1. The Morgan fingerprint density at radius 3 is 2.44 bits per heavy atom. The second kappa shape index (κ2) is 9.22. The third-order valence-corrected chi connectivity index (χ3v) is 6.13. The average Bonchev–Trinajstić information content (AvgIpc) is 3.05. The number of carbonyl (C=O) groups excluding carboxylic acids is 2. The van der Waals surface area contributed by atoms with E-state index in [0.29, 0.717) is 37.4 Å². The number of aliphatic hydroxyl groups excluding tert-OH is 1. The van der Waals surface area contributed by atoms with Crippen LogP contribution in [-0.4, -0.2) is 66.0 Å². The second-order valence-electron chi connectivity index (χ2n) is 8.32. The Balaban J connectivity index is 1.76. The Morgan fingerprint density at radius 2 is 1.75 bits per heavy atom. The van der Waals surface area contributed by atoms with Crippen molar-refractivity contribution < 1.29 is 23.8 Å². The molecule has 1 amide bonds. The fourth-order valence-corrected chi connectivity index (χ4v) is 4.31. The minimum Gasteiger partial charge on any atom is -0.507 e. The Morgan fingerprint density at radius 1 is 1.06 bits per heavy atom. The van der Waals surface area contributed by atoms with E-state index in [9.17, 15) is 19.1 Å². The molecule has 2 fully saturated rings. The largest absolute Gasteiger partial charge is 0.507 e. The quantitative estimate of drug-likeness (QED) is 0.441. The first-order chi connectivity index (χ1) is 15.4. The first-order valence-electron chi connectivity index (χ1n) is 10.8. The van der Waals surface area contributed by atoms with Crippen molar-refractivity contribution in [2.24, 2.45) is 0 Å². The van der Waals surface area contributed by atoms with E-state index in [2.05, 4.69) is 4.90 Å². The topological polar surface area (TPSA) is 70.1 Å². The predicted octanol–water partition coefficient (Wildman–Crippen LogP) is 3.20. The maximum Gasteiger partial charge on any atom is 0.295 e. The first-order valence-corrected chi connectivity index (χ1v) is 10.8. The number of benzene rings is 2. The summed E-state index contributed by atoms with van der Waals surface area (Å²) in [4.78, 5) is 29.8. The summed E-state index contributed by atoms with van der Waals surface area (Å²) in [5.74, 6) is -1.99. The normalized spacial score (nSPS) is 21.3. The van der Waals surface area contributed by atoms with Crippen molar-refractivity contribution >= 4 is 17.4 Å². The number of amides is 1. The third kappa shape index (κ3) is 4.31. The van der Waals surface area contributed by atoms with Crippen LogP contribution in [0.1, 0.15) is 28.3 Å². The van der Waals surface area contributed by atoms with Gasteiger partial charge in [-0.25, -0.2) is 4.39 Å². The molecule has 32 heavy (non-hydrogen) atoms. The van der Waals surface area contributed by atoms with E-state index in [1.54, 1.807) is 18.2 Å². The number of aryl methyl sites for hydroxylation is 2. The van der Waals surface area contributed by atoms with Gasteiger partial charge >= 0.3 is 0 Å². The molecule has 0 aliphatic carbocycles. The van der Waals surface area contributed by atoms with Crippen molar-refractivity contribution in [3.63, 3.8) is 0 Å². The summed E-state index contributed by atoms with van der Waals surface area (Å²) in [6.07, 6.45) is 0. The van der Waals surface area contributed by atoms with Crippen LogP contribution in [0.3, 0.4) is 0 Å². The van der Waals surface area contributed by atoms with Gasteiger partial charge in [-0.2, -0.15) is 0 Å². The third-order valence-electron chi connectivity index (χ3n) is 6.13. The molecular formula is C25H27FN2O4. The molecule has 1 atom stereocenters. The molecule has 0 spiro atoms. The molecule has 168 valence electrons. The van der Waals surface area contributed by atoms with Gasteiger partial charge in [-0.1, -0.05) is 29.8 Å². The Hall–Kier alpha value is -3.03. The number of nitrogens with zero attached hydrogens (tertiary/aromatic N) is 2. The van der Waals surface area contributed by atoms with Crippen LogP contribution in [0, 0.1) is 19.7 Å². The lowest BCUT2D eigenvalue weighted by atomic mass is 9.93. The van der Waals surface area contributed by atoms with Crippen LogP contribution in [0.25, 0.3) is 5.76 Å². The van der Waals surface area contributed by atoms with Crippen LogP contribution in [0.15, 0.2) is 48.0 Å². The van der Waals surface area contributed by atoms with Gasteiger partial charge in [0.2, 0.25) is 0 Å². The molecule has 6 nitrogen and oxygen atoms in total. The van der Waals surface area contributed by atoms with Crippen molar-refractivity contribution in [2.75, 3.05) is 39.4 Å². The molecule has 2 aromatic carbocycles. The lowest BCUT2D eigenvalue weighted by Gasteiger charge is -2.31. The summed E-state index contributed by atoms with van der Waals surface area (Å²) in [6.45, 7) is 7.42. The van der Waals surface area contributed by atoms with Gasteiger partial charge in [0, 0.05) is 31.7 Å². The molecular weight excluding hydrogens is 411 g/mol. The van der Waals surface area contributed by atoms with Gasteiger partial charge in [0.25, 0.3) is 11.7 Å². The summed E-state index contributed by atoms with van der Waals surface area (Å²) in [5, 5.41) is 11.2. The highest BCUT2D eigenvalue weighted by atomic mass is 19.1. The number of Topliss-reactive ketones (excluding diaryl/α,β-unsaturated/α-hetero) is 1. The van der Waals surface area contributed by atoms with Crippen LogP contribution < -0.4 is 0 Å². The molecule has 2 heterocycles. The smallest absolute Gasteiger partial charge is 0.295 e. The molecule has 4 rings (SSSR count). The SMILES string of the molecule is Cc1ccc(C)c(C(O)=C2C(=O)C(=O)N(CCN3CCOCC3)C2c2ccc(F)cc2)c1. The molecule has 1 N–H and O–H groups in total. The highest BCUT2D eigenvalue weighted by Gasteiger charge is 2.46. The maximum absolute atomic E-state index is 13.6. The predicted molar refractivity (Wildman–Crippen MR) is 119 cm³/mol. The van der Waals surface area contributed by atoms with Gasteiger partial charge in [-0.05, 0) is 43.2 Å². The molecule has 1 unspecified atom stereocenters. The van der Waals surface area contributed by atoms with Crippen molar-refractivity contribution in [3.8, 4) is 0 Å². The number of hydrogen-bond acceptors (Lipinski definition) is 5. The molecule has 2 aliphatic rings. The number of likely N-dealkylation sites (tertiary alicyclic amines) is 1. The van der Waals surface area contributed by atoms with Gasteiger partial charge in [-0.3, -0.25) is 14.5 Å². The molecule has 0 aromatic heterocycles. The molecule has 0 radical (unpaired) electrons. The zero-order valence-corrected chi connectivity index (χ0v) is 18.3. The number of ether oxygens (including phenoxy) is 1. The van der Waals surface area contributed by atoms with E-state index < -0.39 is 23.5 Å². The Labute approximate surface area is 186 Å². The summed E-state index contributed by atoms with van der Waals surface area (Å²) < 4.78 is 19.0. The van der Waals surface area contributed by atoms with Crippen LogP contribution in [0.4, 0.5) is 4.39 Å².